The number of anilines is 1. The Morgan fingerprint density at radius 2 is 2.25 bits per heavy atom. The number of hydrogen-bond acceptors (Lipinski definition) is 5. The second-order valence-electron chi connectivity index (χ2n) is 5.21. The van der Waals surface area contributed by atoms with Crippen molar-refractivity contribution in [2.24, 2.45) is 0 Å². The summed E-state index contributed by atoms with van der Waals surface area (Å²) >= 11 is 0. The highest BCUT2D eigenvalue weighted by Gasteiger charge is 2.28. The highest BCUT2D eigenvalue weighted by Crippen LogP contribution is 2.34. The molecule has 0 amide bonds. The van der Waals surface area contributed by atoms with Gasteiger partial charge in [0, 0.05) is 12.6 Å². The third kappa shape index (κ3) is 2.91. The molecule has 0 radical (unpaired) electrons. The number of hydrogen-bond donors (Lipinski definition) is 2. The topological polar surface area (TPSA) is 86.8 Å². The van der Waals surface area contributed by atoms with Gasteiger partial charge in [0.15, 0.2) is 0 Å². The van der Waals surface area contributed by atoms with Gasteiger partial charge in [0.25, 0.3) is 5.69 Å². The van der Waals surface area contributed by atoms with Gasteiger partial charge in [0.1, 0.15) is 5.69 Å². The van der Waals surface area contributed by atoms with Crippen LogP contribution in [-0.2, 0) is 0 Å². The van der Waals surface area contributed by atoms with Gasteiger partial charge in [-0.15, -0.1) is 0 Å². The molecule has 2 rings (SSSR count). The Morgan fingerprint density at radius 3 is 2.85 bits per heavy atom. The van der Waals surface area contributed by atoms with Gasteiger partial charge >= 0.3 is 0 Å². The highest BCUT2D eigenvalue weighted by molar-refractivity contribution is 5.65. The predicted octanol–water partition coefficient (Wildman–Crippen LogP) is 2.00. The standard InChI is InChI=1S/C14H20N2O4/c1-10(18)11-5-6-13(14(8-11)16(19)20)15-7-3-2-4-12(15)9-17/h5-6,8,10,12,17-18H,2-4,7,9H2,1H3. The molecular formula is C14H20N2O4. The molecular weight excluding hydrogens is 260 g/mol. The SMILES string of the molecule is CC(O)c1ccc(N2CCCCC2CO)c([N+](=O)[O-])c1. The molecule has 2 unspecified atom stereocenters. The zero-order chi connectivity index (χ0) is 14.7. The molecule has 6 heteroatoms. The third-order valence-electron chi connectivity index (χ3n) is 3.83. The third-order valence-corrected chi connectivity index (χ3v) is 3.83. The molecule has 0 spiro atoms. The lowest BCUT2D eigenvalue weighted by molar-refractivity contribution is -0.384. The Bertz CT molecular complexity index is 490. The molecule has 1 saturated heterocycles. The summed E-state index contributed by atoms with van der Waals surface area (Å²) in [6.45, 7) is 2.28. The van der Waals surface area contributed by atoms with Gasteiger partial charge in [-0.3, -0.25) is 10.1 Å². The summed E-state index contributed by atoms with van der Waals surface area (Å²) in [7, 11) is 0. The lowest BCUT2D eigenvalue weighted by Gasteiger charge is -2.36. The van der Waals surface area contributed by atoms with Crippen molar-refractivity contribution in [2.75, 3.05) is 18.1 Å². The van der Waals surface area contributed by atoms with E-state index in [1.54, 1.807) is 19.1 Å². The molecule has 1 fully saturated rings. The Hall–Kier alpha value is -1.66. The minimum Gasteiger partial charge on any atom is -0.394 e. The van der Waals surface area contributed by atoms with Gasteiger partial charge in [-0.05, 0) is 37.8 Å². The monoisotopic (exact) mass is 280 g/mol. The van der Waals surface area contributed by atoms with Gasteiger partial charge < -0.3 is 15.1 Å². The summed E-state index contributed by atoms with van der Waals surface area (Å²) in [4.78, 5) is 12.8. The minimum atomic E-state index is -0.738. The van der Waals surface area contributed by atoms with Crippen molar-refractivity contribution in [1.29, 1.82) is 0 Å². The van der Waals surface area contributed by atoms with Crippen LogP contribution in [0.1, 0.15) is 37.9 Å². The lowest BCUT2D eigenvalue weighted by Crippen LogP contribution is -2.42. The first-order chi connectivity index (χ1) is 9.54. The molecule has 0 saturated carbocycles. The first kappa shape index (κ1) is 14.7. The lowest BCUT2D eigenvalue weighted by atomic mass is 10.0. The Morgan fingerprint density at radius 1 is 1.50 bits per heavy atom. The minimum absolute atomic E-state index is 0.00465. The van der Waals surface area contributed by atoms with E-state index in [9.17, 15) is 20.3 Å². The van der Waals surface area contributed by atoms with E-state index in [1.807, 2.05) is 4.90 Å². The van der Waals surface area contributed by atoms with Gasteiger partial charge in [-0.25, -0.2) is 0 Å². The van der Waals surface area contributed by atoms with Crippen LogP contribution in [0, 0.1) is 10.1 Å². The van der Waals surface area contributed by atoms with Crippen molar-refractivity contribution >= 4 is 11.4 Å². The van der Waals surface area contributed by atoms with Crippen molar-refractivity contribution in [3.05, 3.63) is 33.9 Å². The second-order valence-corrected chi connectivity index (χ2v) is 5.21. The molecule has 1 aliphatic heterocycles. The quantitative estimate of drug-likeness (QED) is 0.650. The van der Waals surface area contributed by atoms with Crippen molar-refractivity contribution in [1.82, 2.24) is 0 Å². The van der Waals surface area contributed by atoms with Crippen molar-refractivity contribution in [3.63, 3.8) is 0 Å². The van der Waals surface area contributed by atoms with Crippen molar-refractivity contribution < 1.29 is 15.1 Å². The van der Waals surface area contributed by atoms with E-state index in [2.05, 4.69) is 0 Å². The van der Waals surface area contributed by atoms with E-state index in [-0.39, 0.29) is 18.3 Å². The average molecular weight is 280 g/mol. The Labute approximate surface area is 117 Å². The number of nitrogens with zero attached hydrogens (tertiary/aromatic N) is 2. The fraction of sp³-hybridized carbons (Fsp3) is 0.571. The molecule has 0 aliphatic carbocycles. The fourth-order valence-electron chi connectivity index (χ4n) is 2.70. The van der Waals surface area contributed by atoms with E-state index < -0.39 is 11.0 Å². The predicted molar refractivity (Wildman–Crippen MR) is 75.8 cm³/mol. The normalized spacial score (nSPS) is 20.8. The largest absolute Gasteiger partial charge is 0.394 e. The Balaban J connectivity index is 2.41. The molecule has 2 atom stereocenters. The van der Waals surface area contributed by atoms with E-state index in [1.165, 1.54) is 6.07 Å². The molecule has 0 aromatic heterocycles. The number of piperidine rings is 1. The van der Waals surface area contributed by atoms with Crippen LogP contribution < -0.4 is 4.90 Å². The zero-order valence-corrected chi connectivity index (χ0v) is 11.5. The van der Waals surface area contributed by atoms with Gasteiger partial charge in [0.2, 0.25) is 0 Å². The molecule has 1 aromatic carbocycles. The first-order valence-electron chi connectivity index (χ1n) is 6.88. The molecule has 110 valence electrons. The van der Waals surface area contributed by atoms with E-state index in [0.29, 0.717) is 17.8 Å². The van der Waals surface area contributed by atoms with Crippen molar-refractivity contribution in [2.45, 2.75) is 38.3 Å². The number of rotatable bonds is 4. The summed E-state index contributed by atoms with van der Waals surface area (Å²) < 4.78 is 0. The van der Waals surface area contributed by atoms with Gasteiger partial charge in [-0.2, -0.15) is 0 Å². The second kappa shape index (κ2) is 6.19. The molecule has 1 heterocycles. The van der Waals surface area contributed by atoms with Crippen LogP contribution in [-0.4, -0.2) is 34.3 Å². The fourth-order valence-corrected chi connectivity index (χ4v) is 2.70. The smallest absolute Gasteiger partial charge is 0.292 e. The summed E-state index contributed by atoms with van der Waals surface area (Å²) in [6.07, 6.45) is 2.09. The number of aliphatic hydroxyl groups excluding tert-OH is 2. The van der Waals surface area contributed by atoms with Crippen LogP contribution in [0.4, 0.5) is 11.4 Å². The van der Waals surface area contributed by atoms with E-state index in [0.717, 1.165) is 19.3 Å². The Kier molecular flexibility index (Phi) is 4.57. The average Bonchev–Trinajstić information content (AvgIpc) is 2.46. The number of aliphatic hydroxyl groups is 2. The maximum atomic E-state index is 11.3. The van der Waals surface area contributed by atoms with Crippen LogP contribution >= 0.6 is 0 Å². The zero-order valence-electron chi connectivity index (χ0n) is 11.5. The highest BCUT2D eigenvalue weighted by atomic mass is 16.6. The summed E-state index contributed by atoms with van der Waals surface area (Å²) in [5.74, 6) is 0. The number of nitro groups is 1. The summed E-state index contributed by atoms with van der Waals surface area (Å²) in [5, 5.41) is 30.3. The van der Waals surface area contributed by atoms with Gasteiger partial charge in [-0.1, -0.05) is 6.07 Å². The van der Waals surface area contributed by atoms with Crippen LogP contribution in [0.3, 0.4) is 0 Å². The molecule has 2 N–H and O–H groups in total. The van der Waals surface area contributed by atoms with E-state index >= 15 is 0 Å². The van der Waals surface area contributed by atoms with E-state index in [4.69, 9.17) is 0 Å². The maximum absolute atomic E-state index is 11.3. The van der Waals surface area contributed by atoms with Crippen LogP contribution in [0.5, 0.6) is 0 Å². The number of nitro benzene ring substituents is 1. The molecule has 1 aromatic rings. The van der Waals surface area contributed by atoms with Crippen LogP contribution in [0.2, 0.25) is 0 Å². The first-order valence-corrected chi connectivity index (χ1v) is 6.88. The maximum Gasteiger partial charge on any atom is 0.292 e. The molecule has 0 bridgehead atoms. The molecule has 20 heavy (non-hydrogen) atoms. The molecule has 1 aliphatic rings. The number of benzene rings is 1. The van der Waals surface area contributed by atoms with Crippen LogP contribution in [0.15, 0.2) is 18.2 Å². The van der Waals surface area contributed by atoms with Crippen LogP contribution in [0.25, 0.3) is 0 Å². The summed E-state index contributed by atoms with van der Waals surface area (Å²) in [5.41, 5.74) is 1.04. The van der Waals surface area contributed by atoms with Gasteiger partial charge in [0.05, 0.1) is 23.7 Å². The van der Waals surface area contributed by atoms with Crippen molar-refractivity contribution in [3.8, 4) is 0 Å². The molecule has 6 nitrogen and oxygen atoms in total. The summed E-state index contributed by atoms with van der Waals surface area (Å²) in [6, 6.07) is 4.73.